The van der Waals surface area contributed by atoms with E-state index in [1.165, 1.54) is 0 Å². The summed E-state index contributed by atoms with van der Waals surface area (Å²) in [5.41, 5.74) is 1.84. The number of nitrogens with zero attached hydrogens (tertiary/aromatic N) is 2. The van der Waals surface area contributed by atoms with E-state index in [9.17, 15) is 4.79 Å². The quantitative estimate of drug-likeness (QED) is 0.810. The van der Waals surface area contributed by atoms with E-state index in [-0.39, 0.29) is 0 Å². The lowest BCUT2D eigenvalue weighted by Gasteiger charge is -2.20. The first-order valence-electron chi connectivity index (χ1n) is 4.86. The van der Waals surface area contributed by atoms with Gasteiger partial charge in [0.05, 0.1) is 5.69 Å². The highest BCUT2D eigenvalue weighted by Gasteiger charge is 2.16. The van der Waals surface area contributed by atoms with Gasteiger partial charge in [-0.15, -0.1) is 0 Å². The van der Waals surface area contributed by atoms with Crippen LogP contribution in [0.1, 0.15) is 18.3 Å². The minimum atomic E-state index is -0.815. The summed E-state index contributed by atoms with van der Waals surface area (Å²) in [5.74, 6) is -0.815. The van der Waals surface area contributed by atoms with E-state index >= 15 is 0 Å². The molecule has 0 aliphatic rings. The largest absolute Gasteiger partial charge is 0.480 e. The molecule has 1 aromatic rings. The van der Waals surface area contributed by atoms with Crippen LogP contribution in [0.2, 0.25) is 0 Å². The molecule has 4 nitrogen and oxygen atoms in total. The monoisotopic (exact) mass is 208 g/mol. The van der Waals surface area contributed by atoms with E-state index < -0.39 is 12.0 Å². The third-order valence-electron chi connectivity index (χ3n) is 2.38. The molecule has 0 aliphatic carbocycles. The molecule has 4 heteroatoms. The Kier molecular flexibility index (Phi) is 3.80. The Balaban J connectivity index is 2.66. The number of pyridine rings is 1. The standard InChI is InChI=1S/C11H16N2O2/c1-8-5-4-6-10(12-8)7-13(3)9(2)11(14)15/h4-6,9H,7H2,1-3H3,(H,14,15). The lowest BCUT2D eigenvalue weighted by atomic mass is 10.2. The SMILES string of the molecule is Cc1cccc(CN(C)C(C)C(=O)O)n1. The van der Waals surface area contributed by atoms with Crippen LogP contribution in [-0.4, -0.2) is 34.0 Å². The van der Waals surface area contributed by atoms with Gasteiger partial charge in [0.2, 0.25) is 0 Å². The molecule has 0 fully saturated rings. The van der Waals surface area contributed by atoms with Gasteiger partial charge in [-0.05, 0) is 33.0 Å². The van der Waals surface area contributed by atoms with E-state index in [1.54, 1.807) is 18.9 Å². The van der Waals surface area contributed by atoms with Gasteiger partial charge in [-0.25, -0.2) is 0 Å². The van der Waals surface area contributed by atoms with Gasteiger partial charge >= 0.3 is 5.97 Å². The zero-order valence-corrected chi connectivity index (χ0v) is 9.27. The first-order chi connectivity index (χ1) is 7.00. The summed E-state index contributed by atoms with van der Waals surface area (Å²) in [7, 11) is 1.78. The molecule has 0 saturated carbocycles. The highest BCUT2D eigenvalue weighted by molar-refractivity contribution is 5.72. The fourth-order valence-corrected chi connectivity index (χ4v) is 1.27. The van der Waals surface area contributed by atoms with Crippen molar-refractivity contribution in [3.8, 4) is 0 Å². The van der Waals surface area contributed by atoms with E-state index in [2.05, 4.69) is 4.98 Å². The predicted molar refractivity (Wildman–Crippen MR) is 57.5 cm³/mol. The number of carboxylic acid groups (broad SMARTS) is 1. The normalized spacial score (nSPS) is 12.8. The first kappa shape index (κ1) is 11.7. The van der Waals surface area contributed by atoms with Crippen molar-refractivity contribution < 1.29 is 9.90 Å². The average Bonchev–Trinajstić information content (AvgIpc) is 2.16. The summed E-state index contributed by atoms with van der Waals surface area (Å²) in [6.07, 6.45) is 0. The van der Waals surface area contributed by atoms with Gasteiger partial charge in [-0.1, -0.05) is 6.07 Å². The Bertz CT molecular complexity index is 352. The van der Waals surface area contributed by atoms with Crippen molar-refractivity contribution in [2.75, 3.05) is 7.05 Å². The maximum absolute atomic E-state index is 10.7. The smallest absolute Gasteiger partial charge is 0.320 e. The summed E-state index contributed by atoms with van der Waals surface area (Å²) in [6, 6.07) is 5.26. The molecule has 0 amide bonds. The van der Waals surface area contributed by atoms with Gasteiger partial charge in [-0.2, -0.15) is 0 Å². The van der Waals surface area contributed by atoms with E-state index in [0.29, 0.717) is 6.54 Å². The van der Waals surface area contributed by atoms with Crippen molar-refractivity contribution in [2.24, 2.45) is 0 Å². The Morgan fingerprint density at radius 1 is 1.60 bits per heavy atom. The number of aromatic nitrogens is 1. The summed E-state index contributed by atoms with van der Waals surface area (Å²) in [6.45, 7) is 4.14. The van der Waals surface area contributed by atoms with Crippen LogP contribution >= 0.6 is 0 Å². The number of rotatable bonds is 4. The molecule has 15 heavy (non-hydrogen) atoms. The molecule has 1 atom stereocenters. The number of aryl methyl sites for hydroxylation is 1. The van der Waals surface area contributed by atoms with E-state index in [4.69, 9.17) is 5.11 Å². The lowest BCUT2D eigenvalue weighted by molar-refractivity contribution is -0.142. The van der Waals surface area contributed by atoms with Crippen molar-refractivity contribution in [3.63, 3.8) is 0 Å². The second-order valence-electron chi connectivity index (χ2n) is 3.70. The van der Waals surface area contributed by atoms with Gasteiger partial charge in [0.15, 0.2) is 0 Å². The Morgan fingerprint density at radius 2 is 2.27 bits per heavy atom. The molecule has 1 unspecified atom stereocenters. The molecule has 1 heterocycles. The van der Waals surface area contributed by atoms with Crippen LogP contribution in [0.25, 0.3) is 0 Å². The summed E-state index contributed by atoms with van der Waals surface area (Å²) < 4.78 is 0. The van der Waals surface area contributed by atoms with Crippen molar-refractivity contribution in [2.45, 2.75) is 26.4 Å². The van der Waals surface area contributed by atoms with Crippen LogP contribution in [0.4, 0.5) is 0 Å². The minimum Gasteiger partial charge on any atom is -0.480 e. The molecule has 0 aliphatic heterocycles. The van der Waals surface area contributed by atoms with Gasteiger partial charge < -0.3 is 5.11 Å². The molecule has 1 rings (SSSR count). The van der Waals surface area contributed by atoms with Crippen molar-refractivity contribution in [1.29, 1.82) is 0 Å². The number of hydrogen-bond donors (Lipinski definition) is 1. The Hall–Kier alpha value is -1.42. The zero-order chi connectivity index (χ0) is 11.4. The predicted octanol–water partition coefficient (Wildman–Crippen LogP) is 1.29. The minimum absolute atomic E-state index is 0.493. The van der Waals surface area contributed by atoms with Crippen LogP contribution < -0.4 is 0 Å². The van der Waals surface area contributed by atoms with Gasteiger partial charge in [-0.3, -0.25) is 14.7 Å². The fourth-order valence-electron chi connectivity index (χ4n) is 1.27. The Labute approximate surface area is 89.6 Å². The Morgan fingerprint density at radius 3 is 2.80 bits per heavy atom. The zero-order valence-electron chi connectivity index (χ0n) is 9.27. The third-order valence-corrected chi connectivity index (χ3v) is 2.38. The van der Waals surface area contributed by atoms with Gasteiger partial charge in [0.1, 0.15) is 6.04 Å². The van der Waals surface area contributed by atoms with Crippen LogP contribution in [0.15, 0.2) is 18.2 Å². The van der Waals surface area contributed by atoms with Crippen LogP contribution in [0.5, 0.6) is 0 Å². The molecule has 0 bridgehead atoms. The second kappa shape index (κ2) is 4.89. The molecular weight excluding hydrogens is 192 g/mol. The molecule has 1 N–H and O–H groups in total. The summed E-state index contributed by atoms with van der Waals surface area (Å²) in [5, 5.41) is 8.82. The van der Waals surface area contributed by atoms with Crippen molar-refractivity contribution in [1.82, 2.24) is 9.88 Å². The van der Waals surface area contributed by atoms with Crippen LogP contribution in [0, 0.1) is 6.92 Å². The van der Waals surface area contributed by atoms with Crippen LogP contribution in [-0.2, 0) is 11.3 Å². The van der Waals surface area contributed by atoms with Gasteiger partial charge in [0.25, 0.3) is 0 Å². The highest BCUT2D eigenvalue weighted by atomic mass is 16.4. The maximum atomic E-state index is 10.7. The first-order valence-corrected chi connectivity index (χ1v) is 4.86. The topological polar surface area (TPSA) is 53.4 Å². The molecule has 1 aromatic heterocycles. The fraction of sp³-hybridized carbons (Fsp3) is 0.455. The molecule has 0 radical (unpaired) electrons. The molecular formula is C11H16N2O2. The number of likely N-dealkylation sites (N-methyl/N-ethyl adjacent to an activating group) is 1. The lowest BCUT2D eigenvalue weighted by Crippen LogP contribution is -2.35. The number of carbonyl (C=O) groups is 1. The van der Waals surface area contributed by atoms with Crippen LogP contribution in [0.3, 0.4) is 0 Å². The summed E-state index contributed by atoms with van der Waals surface area (Å²) >= 11 is 0. The third kappa shape index (κ3) is 3.32. The van der Waals surface area contributed by atoms with E-state index in [0.717, 1.165) is 11.4 Å². The summed E-state index contributed by atoms with van der Waals surface area (Å²) in [4.78, 5) is 16.8. The molecule has 0 aromatic carbocycles. The molecule has 0 spiro atoms. The molecule has 0 saturated heterocycles. The number of carboxylic acids is 1. The highest BCUT2D eigenvalue weighted by Crippen LogP contribution is 2.04. The van der Waals surface area contributed by atoms with Crippen molar-refractivity contribution in [3.05, 3.63) is 29.6 Å². The van der Waals surface area contributed by atoms with E-state index in [1.807, 2.05) is 25.1 Å². The molecule has 82 valence electrons. The van der Waals surface area contributed by atoms with Crippen molar-refractivity contribution >= 4 is 5.97 Å². The van der Waals surface area contributed by atoms with Gasteiger partial charge in [0, 0.05) is 12.2 Å². The number of aliphatic carboxylic acids is 1. The number of hydrogen-bond acceptors (Lipinski definition) is 3. The second-order valence-corrected chi connectivity index (χ2v) is 3.70. The maximum Gasteiger partial charge on any atom is 0.320 e. The average molecular weight is 208 g/mol.